The Hall–Kier alpha value is -4.26. The molecule has 0 aliphatic rings. The minimum absolute atomic E-state index is 0.191. The van der Waals surface area contributed by atoms with Crippen molar-refractivity contribution in [3.8, 4) is 0 Å². The lowest BCUT2D eigenvalue weighted by atomic mass is 10.0. The van der Waals surface area contributed by atoms with E-state index in [-0.39, 0.29) is 23.1 Å². The highest BCUT2D eigenvalue weighted by molar-refractivity contribution is 6.04. The van der Waals surface area contributed by atoms with E-state index >= 15 is 0 Å². The van der Waals surface area contributed by atoms with Crippen LogP contribution in [0.2, 0.25) is 0 Å². The highest BCUT2D eigenvalue weighted by atomic mass is 16.2. The molecule has 0 radical (unpaired) electrons. The van der Waals surface area contributed by atoms with Gasteiger partial charge in [0.05, 0.1) is 22.5 Å². The molecule has 0 saturated heterocycles. The van der Waals surface area contributed by atoms with Gasteiger partial charge in [0, 0.05) is 11.9 Å². The van der Waals surface area contributed by atoms with Crippen molar-refractivity contribution < 1.29 is 4.79 Å². The van der Waals surface area contributed by atoms with E-state index in [1.807, 2.05) is 74.5 Å². The van der Waals surface area contributed by atoms with Crippen LogP contribution in [0.4, 0.5) is 0 Å². The number of nitrogens with zero attached hydrogens (tertiary/aromatic N) is 3. The SMILES string of the molecule is CC(C)Cn1nc(C(=O)N[C@@H](Cc2ccccc2)c2nc3ccccc3[nH]2)c2ccccc2c1=O. The van der Waals surface area contributed by atoms with Gasteiger partial charge < -0.3 is 10.3 Å². The van der Waals surface area contributed by atoms with Crippen LogP contribution in [0.15, 0.2) is 83.7 Å². The lowest BCUT2D eigenvalue weighted by molar-refractivity contribution is 0.0929. The minimum atomic E-state index is -0.414. The molecular weight excluding hydrogens is 438 g/mol. The van der Waals surface area contributed by atoms with Crippen LogP contribution in [-0.2, 0) is 13.0 Å². The summed E-state index contributed by atoms with van der Waals surface area (Å²) in [4.78, 5) is 34.7. The van der Waals surface area contributed by atoms with Crippen molar-refractivity contribution in [2.75, 3.05) is 0 Å². The molecule has 7 nitrogen and oxygen atoms in total. The van der Waals surface area contributed by atoms with Crippen molar-refractivity contribution in [1.29, 1.82) is 0 Å². The Morgan fingerprint density at radius 3 is 2.37 bits per heavy atom. The number of H-pyrrole nitrogens is 1. The molecule has 0 bridgehead atoms. The first kappa shape index (κ1) is 22.5. The number of para-hydroxylation sites is 2. The largest absolute Gasteiger partial charge is 0.340 e. The number of aromatic nitrogens is 4. The summed E-state index contributed by atoms with van der Waals surface area (Å²) in [5.41, 5.74) is 2.85. The smallest absolute Gasteiger partial charge is 0.274 e. The van der Waals surface area contributed by atoms with E-state index in [2.05, 4.69) is 15.4 Å². The van der Waals surface area contributed by atoms with Crippen molar-refractivity contribution in [3.63, 3.8) is 0 Å². The number of nitrogens with one attached hydrogen (secondary N) is 2. The molecule has 1 atom stereocenters. The van der Waals surface area contributed by atoms with Gasteiger partial charge in [-0.05, 0) is 36.1 Å². The number of carbonyl (C=O) groups is 1. The number of rotatable bonds is 7. The van der Waals surface area contributed by atoms with Crippen LogP contribution in [-0.4, -0.2) is 25.7 Å². The van der Waals surface area contributed by atoms with Crippen molar-refractivity contribution in [2.24, 2.45) is 5.92 Å². The molecule has 0 aliphatic carbocycles. The first-order valence-corrected chi connectivity index (χ1v) is 11.8. The molecule has 5 aromatic rings. The number of aromatic amines is 1. The van der Waals surface area contributed by atoms with E-state index in [0.29, 0.717) is 29.6 Å². The van der Waals surface area contributed by atoms with Gasteiger partial charge in [-0.15, -0.1) is 0 Å². The molecule has 2 aromatic heterocycles. The highest BCUT2D eigenvalue weighted by Crippen LogP contribution is 2.21. The molecule has 0 fully saturated rings. The van der Waals surface area contributed by atoms with Gasteiger partial charge in [0.2, 0.25) is 0 Å². The van der Waals surface area contributed by atoms with E-state index in [0.717, 1.165) is 16.6 Å². The first-order chi connectivity index (χ1) is 17.0. The standard InChI is InChI=1S/C28H27N5O2/c1-18(2)17-33-28(35)21-13-7-6-12-20(21)25(32-33)27(34)31-24(16-19-10-4-3-5-11-19)26-29-22-14-8-9-15-23(22)30-26/h3-15,18,24H,16-17H2,1-2H3,(H,29,30)(H,31,34)/t24-/m0/s1. The zero-order valence-corrected chi connectivity index (χ0v) is 19.7. The van der Waals surface area contributed by atoms with Crippen LogP contribution in [0.3, 0.4) is 0 Å². The normalized spacial score (nSPS) is 12.3. The number of amides is 1. The maximum absolute atomic E-state index is 13.7. The van der Waals surface area contributed by atoms with E-state index < -0.39 is 6.04 Å². The quantitative estimate of drug-likeness (QED) is 0.366. The van der Waals surface area contributed by atoms with Crippen LogP contribution < -0.4 is 10.9 Å². The van der Waals surface area contributed by atoms with Crippen LogP contribution >= 0.6 is 0 Å². The summed E-state index contributed by atoms with van der Waals surface area (Å²) in [5, 5.41) is 8.66. The number of hydrogen-bond donors (Lipinski definition) is 2. The van der Waals surface area contributed by atoms with Gasteiger partial charge in [-0.25, -0.2) is 9.67 Å². The van der Waals surface area contributed by atoms with Crippen LogP contribution in [0, 0.1) is 5.92 Å². The number of benzene rings is 3. The summed E-state index contributed by atoms with van der Waals surface area (Å²) in [7, 11) is 0. The minimum Gasteiger partial charge on any atom is -0.340 e. The third-order valence-corrected chi connectivity index (χ3v) is 5.95. The maximum Gasteiger partial charge on any atom is 0.274 e. The molecule has 2 heterocycles. The Balaban J connectivity index is 1.56. The molecule has 0 unspecified atom stereocenters. The van der Waals surface area contributed by atoms with Gasteiger partial charge >= 0.3 is 0 Å². The second-order valence-electron chi connectivity index (χ2n) is 9.13. The van der Waals surface area contributed by atoms with Crippen molar-refractivity contribution in [1.82, 2.24) is 25.1 Å². The molecule has 0 saturated carbocycles. The van der Waals surface area contributed by atoms with Crippen LogP contribution in [0.1, 0.15) is 41.8 Å². The van der Waals surface area contributed by atoms with Gasteiger partial charge in [0.25, 0.3) is 11.5 Å². The average Bonchev–Trinajstić information content (AvgIpc) is 3.30. The maximum atomic E-state index is 13.7. The monoisotopic (exact) mass is 465 g/mol. The Morgan fingerprint density at radius 1 is 0.943 bits per heavy atom. The van der Waals surface area contributed by atoms with Gasteiger partial charge in [-0.2, -0.15) is 5.10 Å². The first-order valence-electron chi connectivity index (χ1n) is 11.8. The molecule has 176 valence electrons. The molecule has 2 N–H and O–H groups in total. The van der Waals surface area contributed by atoms with Gasteiger partial charge in [-0.3, -0.25) is 9.59 Å². The average molecular weight is 466 g/mol. The second-order valence-corrected chi connectivity index (χ2v) is 9.13. The summed E-state index contributed by atoms with van der Waals surface area (Å²) in [5.74, 6) is 0.530. The van der Waals surface area contributed by atoms with Gasteiger partial charge in [-0.1, -0.05) is 74.5 Å². The summed E-state index contributed by atoms with van der Waals surface area (Å²) < 4.78 is 1.40. The fourth-order valence-corrected chi connectivity index (χ4v) is 4.30. The lowest BCUT2D eigenvalue weighted by Crippen LogP contribution is -2.34. The lowest BCUT2D eigenvalue weighted by Gasteiger charge is -2.18. The highest BCUT2D eigenvalue weighted by Gasteiger charge is 2.23. The Bertz CT molecular complexity index is 1520. The number of fused-ring (bicyclic) bond motifs is 2. The fraction of sp³-hybridized carbons (Fsp3) is 0.214. The van der Waals surface area contributed by atoms with Gasteiger partial charge in [0.1, 0.15) is 5.82 Å². The fourth-order valence-electron chi connectivity index (χ4n) is 4.30. The molecule has 3 aromatic carbocycles. The molecule has 0 spiro atoms. The van der Waals surface area contributed by atoms with Crippen LogP contribution in [0.25, 0.3) is 21.8 Å². The molecule has 1 amide bonds. The Kier molecular flexibility index (Phi) is 6.14. The van der Waals surface area contributed by atoms with Crippen molar-refractivity contribution in [2.45, 2.75) is 32.9 Å². The Morgan fingerprint density at radius 2 is 1.63 bits per heavy atom. The number of hydrogen-bond acceptors (Lipinski definition) is 4. The topological polar surface area (TPSA) is 92.7 Å². The zero-order chi connectivity index (χ0) is 24.4. The molecular formula is C28H27N5O2. The summed E-state index contributed by atoms with van der Waals surface area (Å²) in [6.45, 7) is 4.46. The third-order valence-electron chi connectivity index (χ3n) is 5.95. The predicted octanol–water partition coefficient (Wildman–Crippen LogP) is 4.64. The number of carbonyl (C=O) groups excluding carboxylic acids is 1. The summed E-state index contributed by atoms with van der Waals surface area (Å²) in [6.07, 6.45) is 0.552. The molecule has 0 aliphatic heterocycles. The van der Waals surface area contributed by atoms with E-state index in [1.165, 1.54) is 4.68 Å². The summed E-state index contributed by atoms with van der Waals surface area (Å²) >= 11 is 0. The summed E-state index contributed by atoms with van der Waals surface area (Å²) in [6, 6.07) is 24.5. The van der Waals surface area contributed by atoms with E-state index in [9.17, 15) is 9.59 Å². The predicted molar refractivity (Wildman–Crippen MR) is 137 cm³/mol. The van der Waals surface area contributed by atoms with Crippen molar-refractivity contribution >= 4 is 27.7 Å². The molecule has 35 heavy (non-hydrogen) atoms. The molecule has 7 heteroatoms. The van der Waals surface area contributed by atoms with Gasteiger partial charge in [0.15, 0.2) is 5.69 Å². The molecule has 5 rings (SSSR count). The zero-order valence-electron chi connectivity index (χ0n) is 19.7. The van der Waals surface area contributed by atoms with Crippen molar-refractivity contribution in [3.05, 3.63) is 106 Å². The third kappa shape index (κ3) is 4.71. The number of imidazole rings is 1. The van der Waals surface area contributed by atoms with E-state index in [1.54, 1.807) is 18.2 Å². The van der Waals surface area contributed by atoms with Crippen LogP contribution in [0.5, 0.6) is 0 Å². The van der Waals surface area contributed by atoms with E-state index in [4.69, 9.17) is 4.98 Å². The second kappa shape index (κ2) is 9.54. The Labute approximate surface area is 202 Å².